The molecule has 0 bridgehead atoms. The Balaban J connectivity index is 2.89. The van der Waals surface area contributed by atoms with Crippen molar-refractivity contribution in [1.29, 1.82) is 0 Å². The molecule has 1 aromatic rings. The van der Waals surface area contributed by atoms with Crippen molar-refractivity contribution in [1.82, 2.24) is 0 Å². The number of carbonyl (C=O) groups is 1. The van der Waals surface area contributed by atoms with Gasteiger partial charge < -0.3 is 9.47 Å². The van der Waals surface area contributed by atoms with E-state index in [9.17, 15) is 4.79 Å². The molecular formula is C15H17ClO3. The van der Waals surface area contributed by atoms with Gasteiger partial charge in [0.2, 0.25) is 6.10 Å². The van der Waals surface area contributed by atoms with E-state index in [0.717, 1.165) is 5.56 Å². The van der Waals surface area contributed by atoms with E-state index < -0.39 is 17.7 Å². The zero-order valence-electron chi connectivity index (χ0n) is 11.5. The van der Waals surface area contributed by atoms with Crippen molar-refractivity contribution in [2.24, 2.45) is 0 Å². The summed E-state index contributed by atoms with van der Waals surface area (Å²) in [4.78, 5) is 11.6. The van der Waals surface area contributed by atoms with Gasteiger partial charge in [0.05, 0.1) is 12.7 Å². The Morgan fingerprint density at radius 2 is 1.84 bits per heavy atom. The number of halogens is 1. The Morgan fingerprint density at radius 1 is 1.26 bits per heavy atom. The van der Waals surface area contributed by atoms with Gasteiger partial charge in [-0.15, -0.1) is 0 Å². The van der Waals surface area contributed by atoms with Crippen LogP contribution in [0.4, 0.5) is 0 Å². The Kier molecular flexibility index (Phi) is 5.41. The number of methoxy groups -OCH3 is 1. The van der Waals surface area contributed by atoms with Gasteiger partial charge in [0.25, 0.3) is 0 Å². The molecule has 19 heavy (non-hydrogen) atoms. The molecular weight excluding hydrogens is 264 g/mol. The summed E-state index contributed by atoms with van der Waals surface area (Å²) in [7, 11) is 1.31. The molecule has 0 heterocycles. The molecule has 1 rings (SSSR count). The summed E-state index contributed by atoms with van der Waals surface area (Å²) in [5.74, 6) is 5.14. The third-order valence-corrected chi connectivity index (χ3v) is 2.33. The number of rotatable bonds is 2. The number of benzene rings is 1. The molecule has 1 aromatic carbocycles. The molecule has 4 heteroatoms. The molecule has 0 saturated heterocycles. The van der Waals surface area contributed by atoms with E-state index in [1.807, 2.05) is 20.8 Å². The lowest BCUT2D eigenvalue weighted by Gasteiger charge is -2.22. The van der Waals surface area contributed by atoms with Crippen LogP contribution in [0.5, 0.6) is 0 Å². The van der Waals surface area contributed by atoms with Crippen molar-refractivity contribution in [3.05, 3.63) is 34.9 Å². The molecule has 0 aliphatic carbocycles. The Bertz CT molecular complexity index is 489. The maximum Gasteiger partial charge on any atom is 0.347 e. The summed E-state index contributed by atoms with van der Waals surface area (Å²) in [5.41, 5.74) is 0.281. The van der Waals surface area contributed by atoms with Crippen LogP contribution in [0, 0.1) is 11.8 Å². The van der Waals surface area contributed by atoms with Crippen LogP contribution in [0.25, 0.3) is 0 Å². The fraction of sp³-hybridized carbons (Fsp3) is 0.400. The summed E-state index contributed by atoms with van der Waals surface area (Å²) in [6.07, 6.45) is -0.902. The highest BCUT2D eigenvalue weighted by Gasteiger charge is 2.24. The first-order chi connectivity index (χ1) is 8.81. The zero-order chi connectivity index (χ0) is 14.5. The van der Waals surface area contributed by atoms with Crippen LogP contribution < -0.4 is 0 Å². The molecule has 3 nitrogen and oxygen atoms in total. The van der Waals surface area contributed by atoms with E-state index in [1.54, 1.807) is 24.3 Å². The van der Waals surface area contributed by atoms with Gasteiger partial charge in [-0.2, -0.15) is 0 Å². The van der Waals surface area contributed by atoms with Crippen molar-refractivity contribution >= 4 is 17.6 Å². The largest absolute Gasteiger partial charge is 0.466 e. The lowest BCUT2D eigenvalue weighted by atomic mass is 10.1. The number of ether oxygens (including phenoxy) is 2. The van der Waals surface area contributed by atoms with Crippen LogP contribution in [0.1, 0.15) is 26.3 Å². The molecule has 0 radical (unpaired) electrons. The predicted octanol–water partition coefficient (Wildman–Crippen LogP) is 3.05. The SMILES string of the molecule is COC(=O)C(C#Cc1ccc(Cl)cc1)OC(C)(C)C. The first-order valence-corrected chi connectivity index (χ1v) is 6.22. The van der Waals surface area contributed by atoms with Crippen LogP contribution in [0.15, 0.2) is 24.3 Å². The molecule has 102 valence electrons. The third-order valence-electron chi connectivity index (χ3n) is 2.08. The summed E-state index contributed by atoms with van der Waals surface area (Å²) >= 11 is 5.79. The van der Waals surface area contributed by atoms with Gasteiger partial charge in [-0.25, -0.2) is 4.79 Å². The third kappa shape index (κ3) is 5.78. The lowest BCUT2D eigenvalue weighted by Crippen LogP contribution is -2.33. The Hall–Kier alpha value is -1.50. The standard InChI is InChI=1S/C15H17ClO3/c1-15(2,3)19-13(14(17)18-4)10-7-11-5-8-12(16)9-6-11/h5-6,8-9,13H,1-4H3. The molecule has 1 atom stereocenters. The number of carbonyl (C=O) groups excluding carboxylic acids is 1. The van der Waals surface area contributed by atoms with Gasteiger partial charge in [-0.1, -0.05) is 23.4 Å². The van der Waals surface area contributed by atoms with Crippen LogP contribution in [-0.2, 0) is 14.3 Å². The predicted molar refractivity (Wildman–Crippen MR) is 75.0 cm³/mol. The van der Waals surface area contributed by atoms with Crippen LogP contribution >= 0.6 is 11.6 Å². The molecule has 0 aliphatic heterocycles. The summed E-state index contributed by atoms with van der Waals surface area (Å²) in [5, 5.41) is 0.640. The quantitative estimate of drug-likeness (QED) is 0.617. The molecule has 0 amide bonds. The van der Waals surface area contributed by atoms with Gasteiger partial charge in [-0.3, -0.25) is 0 Å². The molecule has 1 unspecified atom stereocenters. The number of hydrogen-bond acceptors (Lipinski definition) is 3. The second kappa shape index (κ2) is 6.60. The average Bonchev–Trinajstić information content (AvgIpc) is 2.34. The molecule has 0 fully saturated rings. The minimum absolute atomic E-state index is 0.479. The maximum absolute atomic E-state index is 11.6. The Morgan fingerprint density at radius 3 is 2.32 bits per heavy atom. The van der Waals surface area contributed by atoms with E-state index >= 15 is 0 Å². The van der Waals surface area contributed by atoms with Crippen molar-refractivity contribution < 1.29 is 14.3 Å². The maximum atomic E-state index is 11.6. The van der Waals surface area contributed by atoms with Gasteiger partial charge >= 0.3 is 5.97 Å². The number of esters is 1. The van der Waals surface area contributed by atoms with Crippen molar-refractivity contribution in [2.75, 3.05) is 7.11 Å². The normalized spacial score (nSPS) is 12.3. The summed E-state index contributed by atoms with van der Waals surface area (Å²) < 4.78 is 10.2. The second-order valence-electron chi connectivity index (χ2n) is 4.91. The van der Waals surface area contributed by atoms with Gasteiger partial charge in [-0.05, 0) is 45.0 Å². The van der Waals surface area contributed by atoms with Crippen LogP contribution in [0.3, 0.4) is 0 Å². The average molecular weight is 281 g/mol. The highest BCUT2D eigenvalue weighted by molar-refractivity contribution is 6.30. The lowest BCUT2D eigenvalue weighted by molar-refractivity contribution is -0.157. The van der Waals surface area contributed by atoms with Crippen LogP contribution in [-0.4, -0.2) is 24.8 Å². The first kappa shape index (κ1) is 15.6. The van der Waals surface area contributed by atoms with Crippen molar-refractivity contribution in [3.63, 3.8) is 0 Å². The van der Waals surface area contributed by atoms with E-state index in [-0.39, 0.29) is 0 Å². The minimum Gasteiger partial charge on any atom is -0.466 e. The van der Waals surface area contributed by atoms with Gasteiger partial charge in [0.1, 0.15) is 0 Å². The molecule has 0 aliphatic rings. The molecule has 0 N–H and O–H groups in total. The summed E-state index contributed by atoms with van der Waals surface area (Å²) in [6, 6.07) is 7.04. The van der Waals surface area contributed by atoms with E-state index in [4.69, 9.17) is 16.3 Å². The topological polar surface area (TPSA) is 35.5 Å². The van der Waals surface area contributed by atoms with Gasteiger partial charge in [0.15, 0.2) is 0 Å². The monoisotopic (exact) mass is 280 g/mol. The highest BCUT2D eigenvalue weighted by Crippen LogP contribution is 2.12. The fourth-order valence-corrected chi connectivity index (χ4v) is 1.41. The Labute approximate surface area is 118 Å². The van der Waals surface area contributed by atoms with Gasteiger partial charge in [0, 0.05) is 10.6 Å². The summed E-state index contributed by atoms with van der Waals surface area (Å²) in [6.45, 7) is 5.56. The van der Waals surface area contributed by atoms with Crippen molar-refractivity contribution in [2.45, 2.75) is 32.5 Å². The first-order valence-electron chi connectivity index (χ1n) is 5.84. The molecule has 0 saturated carbocycles. The zero-order valence-corrected chi connectivity index (χ0v) is 12.2. The van der Waals surface area contributed by atoms with E-state index in [1.165, 1.54) is 7.11 Å². The van der Waals surface area contributed by atoms with E-state index in [0.29, 0.717) is 5.02 Å². The molecule has 0 spiro atoms. The second-order valence-corrected chi connectivity index (χ2v) is 5.35. The minimum atomic E-state index is -0.902. The smallest absolute Gasteiger partial charge is 0.347 e. The number of hydrogen-bond donors (Lipinski definition) is 0. The fourth-order valence-electron chi connectivity index (χ4n) is 1.28. The van der Waals surface area contributed by atoms with E-state index in [2.05, 4.69) is 16.6 Å². The molecule has 0 aromatic heterocycles. The highest BCUT2D eigenvalue weighted by atomic mass is 35.5. The van der Waals surface area contributed by atoms with Crippen LogP contribution in [0.2, 0.25) is 5.02 Å². The van der Waals surface area contributed by atoms with Crippen molar-refractivity contribution in [3.8, 4) is 11.8 Å².